The largest absolute Gasteiger partial charge is 0.493 e. The summed E-state index contributed by atoms with van der Waals surface area (Å²) in [5.74, 6) is 1.55. The fourth-order valence-electron chi connectivity index (χ4n) is 1.86. The zero-order valence-corrected chi connectivity index (χ0v) is 12.3. The van der Waals surface area contributed by atoms with Crippen LogP contribution in [0.15, 0.2) is 18.2 Å². The first kappa shape index (κ1) is 13.1. The molecule has 0 aliphatic rings. The minimum atomic E-state index is 0.477. The molecule has 0 aliphatic heterocycles. The van der Waals surface area contributed by atoms with Crippen molar-refractivity contribution in [3.63, 3.8) is 0 Å². The SMILES string of the molecule is Cc1cc(Cl)ccc1OCCc1nnc2sc(N)nn12. The Morgan fingerprint density at radius 3 is 3.05 bits per heavy atom. The van der Waals surface area contributed by atoms with Crippen LogP contribution in [0.3, 0.4) is 0 Å². The van der Waals surface area contributed by atoms with Crippen LogP contribution in [0, 0.1) is 6.92 Å². The highest BCUT2D eigenvalue weighted by Gasteiger charge is 2.10. The summed E-state index contributed by atoms with van der Waals surface area (Å²) in [5.41, 5.74) is 6.63. The number of aromatic nitrogens is 4. The number of rotatable bonds is 4. The number of nitrogens with zero attached hydrogens (tertiary/aromatic N) is 4. The fraction of sp³-hybridized carbons (Fsp3) is 0.250. The molecule has 0 spiro atoms. The van der Waals surface area contributed by atoms with Crippen molar-refractivity contribution in [3.05, 3.63) is 34.6 Å². The van der Waals surface area contributed by atoms with E-state index in [0.29, 0.717) is 28.1 Å². The van der Waals surface area contributed by atoms with Crippen LogP contribution in [0.2, 0.25) is 5.02 Å². The molecule has 0 atom stereocenters. The molecule has 0 amide bonds. The van der Waals surface area contributed by atoms with E-state index in [9.17, 15) is 0 Å². The lowest BCUT2D eigenvalue weighted by Crippen LogP contribution is -2.06. The summed E-state index contributed by atoms with van der Waals surface area (Å²) in [4.78, 5) is 0.695. The van der Waals surface area contributed by atoms with Gasteiger partial charge < -0.3 is 10.5 Å². The number of nitrogen functional groups attached to an aromatic ring is 1. The van der Waals surface area contributed by atoms with E-state index in [1.54, 1.807) is 10.6 Å². The summed E-state index contributed by atoms with van der Waals surface area (Å²) < 4.78 is 7.38. The number of anilines is 1. The number of hydrogen-bond donors (Lipinski definition) is 1. The zero-order chi connectivity index (χ0) is 14.1. The molecule has 2 N–H and O–H groups in total. The van der Waals surface area contributed by atoms with Gasteiger partial charge in [-0.15, -0.1) is 15.3 Å². The molecule has 0 aliphatic carbocycles. The molecule has 0 radical (unpaired) electrons. The van der Waals surface area contributed by atoms with Crippen molar-refractivity contribution in [2.75, 3.05) is 12.3 Å². The molecule has 2 heterocycles. The number of benzene rings is 1. The Balaban J connectivity index is 1.67. The molecule has 3 aromatic rings. The summed E-state index contributed by atoms with van der Waals surface area (Å²) in [6.45, 7) is 2.44. The van der Waals surface area contributed by atoms with Gasteiger partial charge in [0.1, 0.15) is 5.75 Å². The quantitative estimate of drug-likeness (QED) is 0.800. The third kappa shape index (κ3) is 2.54. The number of hydrogen-bond acceptors (Lipinski definition) is 6. The second-order valence-corrected chi connectivity index (χ2v) is 5.68. The topological polar surface area (TPSA) is 78.3 Å². The Morgan fingerprint density at radius 2 is 2.25 bits per heavy atom. The molecule has 104 valence electrons. The van der Waals surface area contributed by atoms with Gasteiger partial charge in [-0.1, -0.05) is 22.9 Å². The third-order valence-electron chi connectivity index (χ3n) is 2.79. The molecular weight excluding hydrogens is 298 g/mol. The molecule has 2 aromatic heterocycles. The minimum absolute atomic E-state index is 0.477. The molecule has 0 bridgehead atoms. The van der Waals surface area contributed by atoms with Crippen molar-refractivity contribution >= 4 is 33.0 Å². The maximum atomic E-state index is 5.90. The van der Waals surface area contributed by atoms with Crippen molar-refractivity contribution in [2.24, 2.45) is 0 Å². The molecule has 1 aromatic carbocycles. The Hall–Kier alpha value is -1.86. The van der Waals surface area contributed by atoms with Crippen LogP contribution in [0.25, 0.3) is 4.96 Å². The van der Waals surface area contributed by atoms with Crippen LogP contribution >= 0.6 is 22.9 Å². The third-order valence-corrected chi connectivity index (χ3v) is 3.75. The van der Waals surface area contributed by atoms with Crippen LogP contribution in [-0.2, 0) is 6.42 Å². The van der Waals surface area contributed by atoms with Gasteiger partial charge in [0, 0.05) is 11.4 Å². The van der Waals surface area contributed by atoms with Gasteiger partial charge in [-0.2, -0.15) is 4.52 Å². The van der Waals surface area contributed by atoms with Gasteiger partial charge in [0.05, 0.1) is 6.61 Å². The lowest BCUT2D eigenvalue weighted by atomic mass is 10.2. The first-order valence-corrected chi connectivity index (χ1v) is 7.18. The molecule has 6 nitrogen and oxygen atoms in total. The number of halogens is 1. The summed E-state index contributed by atoms with van der Waals surface area (Å²) in [5, 5.41) is 13.4. The van der Waals surface area contributed by atoms with Gasteiger partial charge in [-0.3, -0.25) is 0 Å². The highest BCUT2D eigenvalue weighted by atomic mass is 35.5. The van der Waals surface area contributed by atoms with Gasteiger partial charge in [0.2, 0.25) is 10.1 Å². The molecule has 0 saturated heterocycles. The van der Waals surface area contributed by atoms with Crippen LogP contribution in [0.4, 0.5) is 5.13 Å². The van der Waals surface area contributed by atoms with E-state index in [4.69, 9.17) is 22.1 Å². The van der Waals surface area contributed by atoms with Crippen molar-refractivity contribution in [1.29, 1.82) is 0 Å². The van der Waals surface area contributed by atoms with Gasteiger partial charge in [-0.05, 0) is 30.7 Å². The molecule has 8 heteroatoms. The lowest BCUT2D eigenvalue weighted by Gasteiger charge is -2.08. The number of fused-ring (bicyclic) bond motifs is 1. The maximum absolute atomic E-state index is 5.90. The van der Waals surface area contributed by atoms with E-state index >= 15 is 0 Å². The van der Waals surface area contributed by atoms with Crippen LogP contribution < -0.4 is 10.5 Å². The van der Waals surface area contributed by atoms with Crippen molar-refractivity contribution in [2.45, 2.75) is 13.3 Å². The number of ether oxygens (including phenoxy) is 1. The molecular formula is C12H12ClN5OS. The van der Waals surface area contributed by atoms with Gasteiger partial charge >= 0.3 is 0 Å². The monoisotopic (exact) mass is 309 g/mol. The summed E-state index contributed by atoms with van der Waals surface area (Å²) in [6.07, 6.45) is 0.604. The average Bonchev–Trinajstić information content (AvgIpc) is 2.92. The maximum Gasteiger partial charge on any atom is 0.236 e. The Kier molecular flexibility index (Phi) is 3.45. The highest BCUT2D eigenvalue weighted by Crippen LogP contribution is 2.22. The highest BCUT2D eigenvalue weighted by molar-refractivity contribution is 7.20. The van der Waals surface area contributed by atoms with Gasteiger partial charge in [-0.25, -0.2) is 0 Å². The normalized spacial score (nSPS) is 11.1. The standard InChI is InChI=1S/C12H12ClN5OS/c1-7-6-8(13)2-3-9(7)19-5-4-10-15-16-12-18(10)17-11(14)20-12/h2-3,6H,4-5H2,1H3,(H2,14,17). The molecule has 0 fully saturated rings. The predicted molar refractivity (Wildman–Crippen MR) is 78.5 cm³/mol. The average molecular weight is 310 g/mol. The van der Waals surface area contributed by atoms with Crippen molar-refractivity contribution < 1.29 is 4.74 Å². The van der Waals surface area contributed by atoms with E-state index < -0.39 is 0 Å². The molecule has 0 unspecified atom stereocenters. The predicted octanol–water partition coefficient (Wildman–Crippen LogP) is 2.35. The van der Waals surface area contributed by atoms with Gasteiger partial charge in [0.15, 0.2) is 5.82 Å². The molecule has 0 saturated carbocycles. The Bertz CT molecular complexity index is 753. The summed E-state index contributed by atoms with van der Waals surface area (Å²) >= 11 is 7.21. The number of aryl methyl sites for hydroxylation is 1. The first-order chi connectivity index (χ1) is 9.63. The number of nitrogens with two attached hydrogens (primary N) is 1. The smallest absolute Gasteiger partial charge is 0.236 e. The fourth-order valence-corrected chi connectivity index (χ4v) is 2.71. The van der Waals surface area contributed by atoms with Crippen LogP contribution in [-0.4, -0.2) is 26.4 Å². The zero-order valence-electron chi connectivity index (χ0n) is 10.7. The minimum Gasteiger partial charge on any atom is -0.493 e. The van der Waals surface area contributed by atoms with E-state index in [2.05, 4.69) is 15.3 Å². The Morgan fingerprint density at radius 1 is 1.40 bits per heavy atom. The van der Waals surface area contributed by atoms with Crippen LogP contribution in [0.1, 0.15) is 11.4 Å². The summed E-state index contributed by atoms with van der Waals surface area (Å²) in [7, 11) is 0. The van der Waals surface area contributed by atoms with E-state index in [1.807, 2.05) is 19.1 Å². The summed E-state index contributed by atoms with van der Waals surface area (Å²) in [6, 6.07) is 5.53. The molecule has 3 rings (SSSR count). The Labute approximate surface area is 124 Å². The van der Waals surface area contributed by atoms with E-state index in [0.717, 1.165) is 17.1 Å². The van der Waals surface area contributed by atoms with Crippen LogP contribution in [0.5, 0.6) is 5.75 Å². The van der Waals surface area contributed by atoms with Crippen molar-refractivity contribution in [3.8, 4) is 5.75 Å². The second kappa shape index (κ2) is 5.26. The second-order valence-electron chi connectivity index (χ2n) is 4.26. The molecule has 20 heavy (non-hydrogen) atoms. The van der Waals surface area contributed by atoms with E-state index in [-0.39, 0.29) is 0 Å². The van der Waals surface area contributed by atoms with Gasteiger partial charge in [0.25, 0.3) is 0 Å². The first-order valence-electron chi connectivity index (χ1n) is 5.99. The lowest BCUT2D eigenvalue weighted by molar-refractivity contribution is 0.316. The van der Waals surface area contributed by atoms with Crippen molar-refractivity contribution in [1.82, 2.24) is 19.8 Å². The van der Waals surface area contributed by atoms with E-state index in [1.165, 1.54) is 11.3 Å².